The molecule has 0 amide bonds. The molecule has 1 unspecified atom stereocenters. The van der Waals surface area contributed by atoms with E-state index >= 15 is 0 Å². The highest BCUT2D eigenvalue weighted by Gasteiger charge is 2.24. The van der Waals surface area contributed by atoms with Gasteiger partial charge in [-0.25, -0.2) is 8.42 Å². The lowest BCUT2D eigenvalue weighted by Gasteiger charge is -2.23. The fraction of sp³-hybridized carbons (Fsp3) is 0.538. The van der Waals surface area contributed by atoms with Crippen LogP contribution in [-0.2, 0) is 10.0 Å². The number of hydrogen-bond acceptors (Lipinski definition) is 3. The van der Waals surface area contributed by atoms with Crippen LogP contribution in [0.25, 0.3) is 0 Å². The average Bonchev–Trinajstić information content (AvgIpc) is 2.36. The zero-order valence-electron chi connectivity index (χ0n) is 11.8. The molecule has 1 atom stereocenters. The molecule has 0 saturated heterocycles. The van der Waals surface area contributed by atoms with Crippen molar-refractivity contribution >= 4 is 22.4 Å². The molecule has 6 heteroatoms. The van der Waals surface area contributed by atoms with Crippen LogP contribution in [-0.4, -0.2) is 32.4 Å². The molecule has 2 N–H and O–H groups in total. The van der Waals surface area contributed by atoms with Crippen molar-refractivity contribution in [1.29, 1.82) is 0 Å². The van der Waals surface area contributed by atoms with Crippen molar-refractivity contribution < 1.29 is 8.42 Å². The van der Waals surface area contributed by atoms with Crippen LogP contribution in [0.1, 0.15) is 32.3 Å². The Bertz CT molecular complexity index is 503. The van der Waals surface area contributed by atoms with Crippen LogP contribution < -0.4 is 5.73 Å². The standard InChI is InChI=1S/C13H22N2O2S.ClH/c1-10(2)12-6-5-7-13(8-12)18(16,17)15(4)11(3)9-14;/h5-8,10-11H,9,14H2,1-4H3;1H. The Hall–Kier alpha value is -0.620. The van der Waals surface area contributed by atoms with Crippen LogP contribution >= 0.6 is 12.4 Å². The molecule has 0 fully saturated rings. The number of likely N-dealkylation sites (N-methyl/N-ethyl adjacent to an activating group) is 1. The zero-order valence-corrected chi connectivity index (χ0v) is 13.5. The fourth-order valence-electron chi connectivity index (χ4n) is 1.59. The molecule has 1 aromatic carbocycles. The third kappa shape index (κ3) is 4.18. The van der Waals surface area contributed by atoms with E-state index in [4.69, 9.17) is 5.73 Å². The van der Waals surface area contributed by atoms with Gasteiger partial charge < -0.3 is 5.73 Å². The summed E-state index contributed by atoms with van der Waals surface area (Å²) in [6.45, 7) is 6.18. The van der Waals surface area contributed by atoms with E-state index in [9.17, 15) is 8.42 Å². The fourth-order valence-corrected chi connectivity index (χ4v) is 3.01. The molecular weight excluding hydrogens is 284 g/mol. The molecule has 0 heterocycles. The first-order chi connectivity index (χ1) is 8.30. The maximum atomic E-state index is 12.4. The molecule has 19 heavy (non-hydrogen) atoms. The Labute approximate surface area is 122 Å². The average molecular weight is 307 g/mol. The number of halogens is 1. The normalized spacial score (nSPS) is 13.4. The van der Waals surface area contributed by atoms with E-state index in [-0.39, 0.29) is 18.4 Å². The van der Waals surface area contributed by atoms with E-state index in [0.29, 0.717) is 17.4 Å². The van der Waals surface area contributed by atoms with Crippen LogP contribution in [0.2, 0.25) is 0 Å². The van der Waals surface area contributed by atoms with E-state index in [1.165, 1.54) is 4.31 Å². The van der Waals surface area contributed by atoms with Crippen molar-refractivity contribution in [2.45, 2.75) is 37.6 Å². The van der Waals surface area contributed by atoms with Crippen LogP contribution in [0.5, 0.6) is 0 Å². The monoisotopic (exact) mass is 306 g/mol. The summed E-state index contributed by atoms with van der Waals surface area (Å²) in [7, 11) is -1.89. The lowest BCUT2D eigenvalue weighted by Crippen LogP contribution is -2.39. The number of nitrogens with zero attached hydrogens (tertiary/aromatic N) is 1. The Morgan fingerprint density at radius 1 is 1.26 bits per heavy atom. The summed E-state index contributed by atoms with van der Waals surface area (Å²) < 4.78 is 26.1. The van der Waals surface area contributed by atoms with Crippen LogP contribution in [0.4, 0.5) is 0 Å². The summed E-state index contributed by atoms with van der Waals surface area (Å²) in [5.74, 6) is 0.303. The van der Waals surface area contributed by atoms with Crippen LogP contribution in [0, 0.1) is 0 Å². The summed E-state index contributed by atoms with van der Waals surface area (Å²) in [5, 5.41) is 0. The molecule has 0 bridgehead atoms. The molecule has 0 aromatic heterocycles. The third-order valence-electron chi connectivity index (χ3n) is 3.16. The van der Waals surface area contributed by atoms with Gasteiger partial charge in [-0.05, 0) is 30.5 Å². The highest BCUT2D eigenvalue weighted by Crippen LogP contribution is 2.21. The summed E-state index contributed by atoms with van der Waals surface area (Å²) >= 11 is 0. The van der Waals surface area contributed by atoms with E-state index in [0.717, 1.165) is 5.56 Å². The van der Waals surface area contributed by atoms with E-state index in [1.54, 1.807) is 32.2 Å². The predicted molar refractivity (Wildman–Crippen MR) is 81.2 cm³/mol. The van der Waals surface area contributed by atoms with Gasteiger partial charge in [-0.1, -0.05) is 26.0 Å². The maximum Gasteiger partial charge on any atom is 0.243 e. The molecule has 1 aromatic rings. The second-order valence-corrected chi connectivity index (χ2v) is 6.83. The van der Waals surface area contributed by atoms with Crippen LogP contribution in [0.15, 0.2) is 29.2 Å². The minimum Gasteiger partial charge on any atom is -0.329 e. The van der Waals surface area contributed by atoms with Crippen molar-refractivity contribution in [3.63, 3.8) is 0 Å². The number of hydrogen-bond donors (Lipinski definition) is 1. The van der Waals surface area contributed by atoms with Gasteiger partial charge in [0, 0.05) is 19.6 Å². The van der Waals surface area contributed by atoms with E-state index < -0.39 is 10.0 Å². The molecule has 0 saturated carbocycles. The molecule has 0 aliphatic carbocycles. The van der Waals surface area contributed by atoms with E-state index in [2.05, 4.69) is 0 Å². The molecule has 4 nitrogen and oxygen atoms in total. The molecule has 0 aliphatic heterocycles. The molecule has 0 radical (unpaired) electrons. The lowest BCUT2D eigenvalue weighted by atomic mass is 10.0. The van der Waals surface area contributed by atoms with Gasteiger partial charge in [-0.2, -0.15) is 4.31 Å². The van der Waals surface area contributed by atoms with Gasteiger partial charge in [0.25, 0.3) is 0 Å². The van der Waals surface area contributed by atoms with Crippen molar-refractivity contribution in [1.82, 2.24) is 4.31 Å². The van der Waals surface area contributed by atoms with Crippen molar-refractivity contribution in [3.05, 3.63) is 29.8 Å². The minimum absolute atomic E-state index is 0. The van der Waals surface area contributed by atoms with Crippen LogP contribution in [0.3, 0.4) is 0 Å². The summed E-state index contributed by atoms with van der Waals surface area (Å²) in [6, 6.07) is 6.87. The topological polar surface area (TPSA) is 63.4 Å². The number of rotatable bonds is 5. The van der Waals surface area contributed by atoms with Gasteiger partial charge >= 0.3 is 0 Å². The second-order valence-electron chi connectivity index (χ2n) is 4.83. The molecule has 0 aliphatic rings. The summed E-state index contributed by atoms with van der Waals surface area (Å²) in [6.07, 6.45) is 0. The quantitative estimate of drug-likeness (QED) is 0.907. The van der Waals surface area contributed by atoms with Gasteiger partial charge in [0.1, 0.15) is 0 Å². The Balaban J connectivity index is 0.00000324. The second kappa shape index (κ2) is 7.24. The molecular formula is C13H23ClN2O2S. The molecule has 110 valence electrons. The number of benzene rings is 1. The smallest absolute Gasteiger partial charge is 0.243 e. The summed E-state index contributed by atoms with van der Waals surface area (Å²) in [4.78, 5) is 0.330. The SMILES string of the molecule is CC(C)c1cccc(S(=O)(=O)N(C)C(C)CN)c1.Cl. The summed E-state index contributed by atoms with van der Waals surface area (Å²) in [5.41, 5.74) is 6.54. The van der Waals surface area contributed by atoms with Gasteiger partial charge in [-0.15, -0.1) is 12.4 Å². The lowest BCUT2D eigenvalue weighted by molar-refractivity contribution is 0.394. The predicted octanol–water partition coefficient (Wildman–Crippen LogP) is 2.20. The minimum atomic E-state index is -3.45. The largest absolute Gasteiger partial charge is 0.329 e. The maximum absolute atomic E-state index is 12.4. The van der Waals surface area contributed by atoms with Gasteiger partial charge in [0.2, 0.25) is 10.0 Å². The van der Waals surface area contributed by atoms with Crippen molar-refractivity contribution in [3.8, 4) is 0 Å². The van der Waals surface area contributed by atoms with Gasteiger partial charge in [0.05, 0.1) is 4.90 Å². The number of sulfonamides is 1. The first kappa shape index (κ1) is 18.4. The first-order valence-electron chi connectivity index (χ1n) is 6.08. The highest BCUT2D eigenvalue weighted by atomic mass is 35.5. The Kier molecular flexibility index (Phi) is 7.00. The van der Waals surface area contributed by atoms with Gasteiger partial charge in [0.15, 0.2) is 0 Å². The zero-order chi connectivity index (χ0) is 13.9. The highest BCUT2D eigenvalue weighted by molar-refractivity contribution is 7.89. The van der Waals surface area contributed by atoms with Gasteiger partial charge in [-0.3, -0.25) is 0 Å². The third-order valence-corrected chi connectivity index (χ3v) is 5.13. The molecule has 0 spiro atoms. The van der Waals surface area contributed by atoms with E-state index in [1.807, 2.05) is 19.9 Å². The van der Waals surface area contributed by atoms with Crippen molar-refractivity contribution in [2.24, 2.45) is 5.73 Å². The molecule has 1 rings (SSSR count). The Morgan fingerprint density at radius 2 is 1.84 bits per heavy atom. The number of nitrogens with two attached hydrogens (primary N) is 1. The first-order valence-corrected chi connectivity index (χ1v) is 7.52. The Morgan fingerprint density at radius 3 is 2.32 bits per heavy atom. The van der Waals surface area contributed by atoms with Crippen molar-refractivity contribution in [2.75, 3.05) is 13.6 Å².